The van der Waals surface area contributed by atoms with E-state index >= 15 is 0 Å². The molecule has 0 radical (unpaired) electrons. The number of aromatic nitrogens is 1. The lowest BCUT2D eigenvalue weighted by atomic mass is 9.82. The smallest absolute Gasteiger partial charge is 0.123 e. The number of nitrogens with zero attached hydrogens (tertiary/aromatic N) is 1. The Labute approximate surface area is 97.2 Å². The number of nitrogens with two attached hydrogens (primary N) is 2. The van der Waals surface area contributed by atoms with Gasteiger partial charge in [-0.25, -0.2) is 4.98 Å². The molecule has 1 atom stereocenters. The van der Waals surface area contributed by atoms with Gasteiger partial charge in [0, 0.05) is 12.2 Å². The lowest BCUT2D eigenvalue weighted by molar-refractivity contribution is 0.303. The predicted molar refractivity (Wildman–Crippen MR) is 66.9 cm³/mol. The van der Waals surface area contributed by atoms with E-state index in [9.17, 15) is 0 Å². The number of hydrogen-bond donors (Lipinski definition) is 2. The zero-order valence-electron chi connectivity index (χ0n) is 9.73. The third-order valence-corrected chi connectivity index (χ3v) is 3.57. The van der Waals surface area contributed by atoms with Gasteiger partial charge in [-0.05, 0) is 42.9 Å². The van der Waals surface area contributed by atoms with Crippen LogP contribution in [0.2, 0.25) is 0 Å². The first-order chi connectivity index (χ1) is 7.75. The first-order valence-corrected chi connectivity index (χ1v) is 6.21. The molecular weight excluding hydrogens is 198 g/mol. The zero-order valence-corrected chi connectivity index (χ0v) is 9.73. The highest BCUT2D eigenvalue weighted by molar-refractivity contribution is 5.32. The Morgan fingerprint density at radius 3 is 2.75 bits per heavy atom. The van der Waals surface area contributed by atoms with Crippen molar-refractivity contribution in [1.82, 2.24) is 4.98 Å². The van der Waals surface area contributed by atoms with Gasteiger partial charge in [0.05, 0.1) is 0 Å². The average molecular weight is 219 g/mol. The van der Waals surface area contributed by atoms with E-state index in [1.165, 1.54) is 37.7 Å². The van der Waals surface area contributed by atoms with E-state index in [4.69, 9.17) is 11.5 Å². The largest absolute Gasteiger partial charge is 0.384 e. The predicted octanol–water partition coefficient (Wildman–Crippen LogP) is 2.11. The van der Waals surface area contributed by atoms with E-state index in [0.717, 1.165) is 6.42 Å². The quantitative estimate of drug-likeness (QED) is 0.818. The van der Waals surface area contributed by atoms with Crippen LogP contribution in [-0.4, -0.2) is 11.0 Å². The van der Waals surface area contributed by atoms with Crippen molar-refractivity contribution in [3.8, 4) is 0 Å². The van der Waals surface area contributed by atoms with Gasteiger partial charge in [-0.1, -0.05) is 19.3 Å². The first-order valence-electron chi connectivity index (χ1n) is 6.21. The maximum absolute atomic E-state index is 6.27. The standard InChI is InChI=1S/C13H21N3/c14-12(11-4-2-1-3-5-11)8-10-6-7-16-13(15)9-10/h6-7,9,11-12H,1-5,8,14H2,(H2,15,16). The van der Waals surface area contributed by atoms with Crippen LogP contribution < -0.4 is 11.5 Å². The van der Waals surface area contributed by atoms with E-state index in [1.54, 1.807) is 6.20 Å². The van der Waals surface area contributed by atoms with Crippen LogP contribution >= 0.6 is 0 Å². The van der Waals surface area contributed by atoms with Crippen molar-refractivity contribution in [2.45, 2.75) is 44.6 Å². The molecule has 1 heterocycles. The lowest BCUT2D eigenvalue weighted by Gasteiger charge is -2.27. The summed E-state index contributed by atoms with van der Waals surface area (Å²) in [6.07, 6.45) is 9.35. The van der Waals surface area contributed by atoms with Crippen molar-refractivity contribution in [1.29, 1.82) is 0 Å². The van der Waals surface area contributed by atoms with Crippen molar-refractivity contribution < 1.29 is 0 Å². The maximum Gasteiger partial charge on any atom is 0.123 e. The Morgan fingerprint density at radius 2 is 2.06 bits per heavy atom. The monoisotopic (exact) mass is 219 g/mol. The van der Waals surface area contributed by atoms with Crippen LogP contribution in [0.5, 0.6) is 0 Å². The van der Waals surface area contributed by atoms with Gasteiger partial charge in [0.15, 0.2) is 0 Å². The van der Waals surface area contributed by atoms with Crippen molar-refractivity contribution in [3.05, 3.63) is 23.9 Å². The number of pyridine rings is 1. The summed E-state index contributed by atoms with van der Waals surface area (Å²) in [5.41, 5.74) is 13.1. The molecule has 4 N–H and O–H groups in total. The van der Waals surface area contributed by atoms with E-state index < -0.39 is 0 Å². The highest BCUT2D eigenvalue weighted by Crippen LogP contribution is 2.27. The van der Waals surface area contributed by atoms with Crippen molar-refractivity contribution in [3.63, 3.8) is 0 Å². The Hall–Kier alpha value is -1.09. The van der Waals surface area contributed by atoms with E-state index in [2.05, 4.69) is 4.98 Å². The van der Waals surface area contributed by atoms with Gasteiger partial charge in [0.1, 0.15) is 5.82 Å². The third kappa shape index (κ3) is 2.95. The molecule has 1 fully saturated rings. The van der Waals surface area contributed by atoms with E-state index in [0.29, 0.717) is 11.7 Å². The Balaban J connectivity index is 1.93. The molecule has 1 aliphatic carbocycles. The Kier molecular flexibility index (Phi) is 3.78. The molecule has 1 saturated carbocycles. The summed E-state index contributed by atoms with van der Waals surface area (Å²) in [4.78, 5) is 4.00. The molecular formula is C13H21N3. The average Bonchev–Trinajstić information content (AvgIpc) is 2.30. The number of anilines is 1. The molecule has 1 unspecified atom stereocenters. The molecule has 0 spiro atoms. The molecule has 3 heteroatoms. The topological polar surface area (TPSA) is 64.9 Å². The van der Waals surface area contributed by atoms with Crippen LogP contribution in [-0.2, 0) is 6.42 Å². The van der Waals surface area contributed by atoms with Crippen molar-refractivity contribution >= 4 is 5.82 Å². The molecule has 16 heavy (non-hydrogen) atoms. The van der Waals surface area contributed by atoms with Crippen LogP contribution in [0.4, 0.5) is 5.82 Å². The van der Waals surface area contributed by atoms with Crippen LogP contribution in [0.25, 0.3) is 0 Å². The van der Waals surface area contributed by atoms with Gasteiger partial charge in [-0.3, -0.25) is 0 Å². The molecule has 88 valence electrons. The van der Waals surface area contributed by atoms with Gasteiger partial charge < -0.3 is 11.5 Å². The summed E-state index contributed by atoms with van der Waals surface area (Å²) in [6.45, 7) is 0. The molecule has 0 saturated heterocycles. The fourth-order valence-electron chi connectivity index (χ4n) is 2.62. The number of rotatable bonds is 3. The van der Waals surface area contributed by atoms with Crippen LogP contribution in [0.15, 0.2) is 18.3 Å². The summed E-state index contributed by atoms with van der Waals surface area (Å²) >= 11 is 0. The van der Waals surface area contributed by atoms with Gasteiger partial charge in [0.2, 0.25) is 0 Å². The maximum atomic E-state index is 6.27. The molecule has 1 aromatic heterocycles. The molecule has 0 amide bonds. The van der Waals surface area contributed by atoms with Crippen LogP contribution in [0.3, 0.4) is 0 Å². The molecule has 0 aromatic carbocycles. The summed E-state index contributed by atoms with van der Waals surface area (Å²) in [5, 5.41) is 0. The minimum Gasteiger partial charge on any atom is -0.384 e. The first kappa shape index (κ1) is 11.4. The fourth-order valence-corrected chi connectivity index (χ4v) is 2.62. The number of hydrogen-bond acceptors (Lipinski definition) is 3. The zero-order chi connectivity index (χ0) is 11.4. The molecule has 0 bridgehead atoms. The Morgan fingerprint density at radius 1 is 1.31 bits per heavy atom. The summed E-state index contributed by atoms with van der Waals surface area (Å²) in [6, 6.07) is 4.23. The van der Waals surface area contributed by atoms with Crippen molar-refractivity contribution in [2.24, 2.45) is 11.7 Å². The summed E-state index contributed by atoms with van der Waals surface area (Å²) in [7, 11) is 0. The lowest BCUT2D eigenvalue weighted by Crippen LogP contribution is -2.33. The highest BCUT2D eigenvalue weighted by Gasteiger charge is 2.20. The van der Waals surface area contributed by atoms with Crippen LogP contribution in [0, 0.1) is 5.92 Å². The second-order valence-electron chi connectivity index (χ2n) is 4.86. The third-order valence-electron chi connectivity index (χ3n) is 3.57. The summed E-state index contributed by atoms with van der Waals surface area (Å²) in [5.74, 6) is 1.29. The second-order valence-corrected chi connectivity index (χ2v) is 4.86. The fraction of sp³-hybridized carbons (Fsp3) is 0.615. The normalized spacial score (nSPS) is 19.6. The van der Waals surface area contributed by atoms with Gasteiger partial charge in [-0.2, -0.15) is 0 Å². The molecule has 1 aromatic rings. The van der Waals surface area contributed by atoms with Gasteiger partial charge in [0.25, 0.3) is 0 Å². The second kappa shape index (κ2) is 5.30. The van der Waals surface area contributed by atoms with Crippen LogP contribution in [0.1, 0.15) is 37.7 Å². The minimum atomic E-state index is 0.280. The van der Waals surface area contributed by atoms with E-state index in [-0.39, 0.29) is 6.04 Å². The minimum absolute atomic E-state index is 0.280. The van der Waals surface area contributed by atoms with Gasteiger partial charge >= 0.3 is 0 Å². The van der Waals surface area contributed by atoms with Crippen molar-refractivity contribution in [2.75, 3.05) is 5.73 Å². The SMILES string of the molecule is Nc1cc(CC(N)C2CCCCC2)ccn1. The number of nitrogen functional groups attached to an aromatic ring is 1. The highest BCUT2D eigenvalue weighted by atomic mass is 14.8. The molecule has 1 aliphatic rings. The summed E-state index contributed by atoms with van der Waals surface area (Å²) < 4.78 is 0. The molecule has 3 nitrogen and oxygen atoms in total. The van der Waals surface area contributed by atoms with E-state index in [1.807, 2.05) is 12.1 Å². The van der Waals surface area contributed by atoms with Gasteiger partial charge in [-0.15, -0.1) is 0 Å². The Bertz CT molecular complexity index is 332. The molecule has 2 rings (SSSR count). The molecule has 0 aliphatic heterocycles.